The van der Waals surface area contributed by atoms with E-state index in [-0.39, 0.29) is 0 Å². The average Bonchev–Trinajstić information content (AvgIpc) is 3.92. The molecule has 54 heavy (non-hydrogen) atoms. The molecule has 0 unspecified atom stereocenters. The Hall–Kier alpha value is -6.04. The Labute approximate surface area is 323 Å². The first-order chi connectivity index (χ1) is 26.7. The summed E-state index contributed by atoms with van der Waals surface area (Å²) in [5.74, 6) is 0. The van der Waals surface area contributed by atoms with Crippen LogP contribution < -0.4 is 4.90 Å². The maximum absolute atomic E-state index is 2.48. The summed E-state index contributed by atoms with van der Waals surface area (Å²) >= 11 is 5.69. The van der Waals surface area contributed by atoms with Gasteiger partial charge < -0.3 is 4.90 Å². The predicted octanol–water partition coefficient (Wildman–Crippen LogP) is 16.2. The van der Waals surface area contributed by atoms with Gasteiger partial charge in [0.15, 0.2) is 0 Å². The fourth-order valence-electron chi connectivity index (χ4n) is 8.53. The minimum absolute atomic E-state index is 1.14. The lowest BCUT2D eigenvalue weighted by Gasteiger charge is -2.27. The van der Waals surface area contributed by atoms with Crippen molar-refractivity contribution in [1.82, 2.24) is 0 Å². The largest absolute Gasteiger partial charge is 0.310 e. The fourth-order valence-corrected chi connectivity index (χ4v) is 12.0. The zero-order valence-electron chi connectivity index (χ0n) is 28.9. The summed E-state index contributed by atoms with van der Waals surface area (Å²) in [6, 6.07) is 65.3. The molecule has 9 aromatic carbocycles. The number of fused-ring (bicyclic) bond motifs is 13. The Bertz CT molecular complexity index is 3450. The van der Waals surface area contributed by atoms with Crippen LogP contribution in [0.15, 0.2) is 176 Å². The van der Waals surface area contributed by atoms with Crippen molar-refractivity contribution in [2.45, 2.75) is 0 Å². The molecule has 0 spiro atoms. The van der Waals surface area contributed by atoms with Crippen molar-refractivity contribution >= 4 is 133 Å². The van der Waals surface area contributed by atoms with E-state index in [2.05, 4.69) is 181 Å². The molecule has 1 nitrogen and oxygen atoms in total. The molecule has 0 bridgehead atoms. The molecular weight excluding hydrogens is 711 g/mol. The number of benzene rings is 9. The fraction of sp³-hybridized carbons (Fsp3) is 0. The number of hydrogen-bond acceptors (Lipinski definition) is 4. The average molecular weight is 740 g/mol. The standard InChI is InChI=1S/C50H29NS3/c1-2-10-33-28-34(17-16-30(33)8-1)31-18-21-35(22-19-31)51(41-13-7-15-44-47(41)38-12-5-6-14-42(38)52-44)36-23-25-43-40(29-36)49-45(53-43)26-27-46-48(49)39-24-20-32-9-3-4-11-37(32)50(39)54-46/h1-29H. The second-order valence-corrected chi connectivity index (χ2v) is 17.3. The Balaban J connectivity index is 1.10. The molecule has 0 N–H and O–H groups in total. The van der Waals surface area contributed by atoms with Crippen molar-refractivity contribution in [1.29, 1.82) is 0 Å². The van der Waals surface area contributed by atoms with Gasteiger partial charge in [0.05, 0.1) is 5.69 Å². The molecule has 4 heteroatoms. The molecule has 0 saturated heterocycles. The molecule has 12 rings (SSSR count). The van der Waals surface area contributed by atoms with Crippen LogP contribution >= 0.6 is 34.0 Å². The number of hydrogen-bond donors (Lipinski definition) is 0. The molecule has 3 aromatic heterocycles. The molecule has 3 heterocycles. The van der Waals surface area contributed by atoms with Gasteiger partial charge in [0.2, 0.25) is 0 Å². The highest BCUT2D eigenvalue weighted by Gasteiger charge is 2.21. The summed E-state index contributed by atoms with van der Waals surface area (Å²) in [7, 11) is 0. The molecule has 0 fully saturated rings. The summed E-state index contributed by atoms with van der Waals surface area (Å²) in [6.07, 6.45) is 0. The first-order valence-electron chi connectivity index (χ1n) is 18.2. The Kier molecular flexibility index (Phi) is 6.61. The van der Waals surface area contributed by atoms with E-state index in [0.717, 1.165) is 11.4 Å². The number of thiophene rings is 3. The lowest BCUT2D eigenvalue weighted by Crippen LogP contribution is -2.10. The van der Waals surface area contributed by atoms with E-state index in [0.29, 0.717) is 0 Å². The van der Waals surface area contributed by atoms with Crippen LogP contribution in [0, 0.1) is 0 Å². The first-order valence-corrected chi connectivity index (χ1v) is 20.7. The van der Waals surface area contributed by atoms with Crippen LogP contribution in [0.2, 0.25) is 0 Å². The zero-order chi connectivity index (χ0) is 35.3. The van der Waals surface area contributed by atoms with Crippen LogP contribution in [-0.4, -0.2) is 0 Å². The summed E-state index contributed by atoms with van der Waals surface area (Å²) < 4.78 is 7.97. The molecular formula is C50H29NS3. The quantitative estimate of drug-likeness (QED) is 0.174. The Morgan fingerprint density at radius 3 is 1.80 bits per heavy atom. The van der Waals surface area contributed by atoms with E-state index in [1.807, 2.05) is 34.0 Å². The highest BCUT2D eigenvalue weighted by Crippen LogP contribution is 2.49. The molecule has 0 amide bonds. The number of nitrogens with zero attached hydrogens (tertiary/aromatic N) is 1. The van der Waals surface area contributed by atoms with E-state index in [1.165, 1.54) is 98.9 Å². The van der Waals surface area contributed by atoms with Crippen LogP contribution in [0.3, 0.4) is 0 Å². The highest BCUT2D eigenvalue weighted by atomic mass is 32.1. The molecule has 0 aliphatic carbocycles. The van der Waals surface area contributed by atoms with Gasteiger partial charge >= 0.3 is 0 Å². The topological polar surface area (TPSA) is 3.24 Å². The second-order valence-electron chi connectivity index (χ2n) is 14.1. The smallest absolute Gasteiger partial charge is 0.0554 e. The van der Waals surface area contributed by atoms with Gasteiger partial charge in [-0.3, -0.25) is 0 Å². The van der Waals surface area contributed by atoms with Crippen molar-refractivity contribution < 1.29 is 0 Å². The van der Waals surface area contributed by atoms with Gasteiger partial charge in [-0.05, 0) is 99.4 Å². The lowest BCUT2D eigenvalue weighted by molar-refractivity contribution is 1.31. The van der Waals surface area contributed by atoms with E-state index in [4.69, 9.17) is 0 Å². The summed E-state index contributed by atoms with van der Waals surface area (Å²) in [5, 5.41) is 13.1. The van der Waals surface area contributed by atoms with Crippen molar-refractivity contribution in [2.75, 3.05) is 4.90 Å². The molecule has 12 aromatic rings. The van der Waals surface area contributed by atoms with E-state index >= 15 is 0 Å². The van der Waals surface area contributed by atoms with Gasteiger partial charge in [-0.1, -0.05) is 109 Å². The van der Waals surface area contributed by atoms with Gasteiger partial charge in [0, 0.05) is 71.9 Å². The van der Waals surface area contributed by atoms with Crippen LogP contribution in [0.25, 0.3) is 93.2 Å². The van der Waals surface area contributed by atoms with E-state index in [9.17, 15) is 0 Å². The van der Waals surface area contributed by atoms with Crippen LogP contribution in [0.4, 0.5) is 17.1 Å². The Morgan fingerprint density at radius 1 is 0.315 bits per heavy atom. The minimum atomic E-state index is 1.14. The summed E-state index contributed by atoms with van der Waals surface area (Å²) in [4.78, 5) is 2.48. The molecule has 0 atom stereocenters. The maximum atomic E-state index is 2.48. The van der Waals surface area contributed by atoms with Gasteiger partial charge in [-0.25, -0.2) is 0 Å². The van der Waals surface area contributed by atoms with Gasteiger partial charge in [-0.2, -0.15) is 0 Å². The van der Waals surface area contributed by atoms with Gasteiger partial charge in [0.25, 0.3) is 0 Å². The lowest BCUT2D eigenvalue weighted by atomic mass is 10.0. The molecule has 0 radical (unpaired) electrons. The van der Waals surface area contributed by atoms with Crippen molar-refractivity contribution in [3.05, 3.63) is 176 Å². The zero-order valence-corrected chi connectivity index (χ0v) is 31.4. The number of anilines is 3. The minimum Gasteiger partial charge on any atom is -0.310 e. The van der Waals surface area contributed by atoms with Gasteiger partial charge in [0.1, 0.15) is 0 Å². The summed E-state index contributed by atoms with van der Waals surface area (Å²) in [5.41, 5.74) is 5.93. The monoisotopic (exact) mass is 739 g/mol. The second kappa shape index (κ2) is 11.7. The molecule has 0 aliphatic heterocycles. The van der Waals surface area contributed by atoms with Crippen LogP contribution in [-0.2, 0) is 0 Å². The highest BCUT2D eigenvalue weighted by molar-refractivity contribution is 7.28. The maximum Gasteiger partial charge on any atom is 0.0554 e. The summed E-state index contributed by atoms with van der Waals surface area (Å²) in [6.45, 7) is 0. The Morgan fingerprint density at radius 2 is 0.926 bits per heavy atom. The third-order valence-electron chi connectivity index (χ3n) is 11.0. The molecule has 252 valence electrons. The number of rotatable bonds is 4. The predicted molar refractivity (Wildman–Crippen MR) is 240 cm³/mol. The van der Waals surface area contributed by atoms with E-state index in [1.54, 1.807) is 0 Å². The third kappa shape index (κ3) is 4.55. The molecule has 0 aliphatic rings. The SMILES string of the molecule is c1ccc2cc(-c3ccc(N(c4ccc5sc6ccc7sc8c9ccccc9ccc8c7c6c5c4)c4cccc5sc6ccccc6c45)cc3)ccc2c1. The van der Waals surface area contributed by atoms with Crippen molar-refractivity contribution in [2.24, 2.45) is 0 Å². The van der Waals surface area contributed by atoms with Crippen molar-refractivity contribution in [3.8, 4) is 11.1 Å². The van der Waals surface area contributed by atoms with Crippen LogP contribution in [0.1, 0.15) is 0 Å². The third-order valence-corrected chi connectivity index (χ3v) is 14.5. The first kappa shape index (κ1) is 30.4. The normalized spacial score (nSPS) is 12.1. The van der Waals surface area contributed by atoms with Gasteiger partial charge in [-0.15, -0.1) is 34.0 Å². The molecule has 0 saturated carbocycles. The van der Waals surface area contributed by atoms with Crippen LogP contribution in [0.5, 0.6) is 0 Å². The van der Waals surface area contributed by atoms with E-state index < -0.39 is 0 Å². The van der Waals surface area contributed by atoms with Crippen molar-refractivity contribution in [3.63, 3.8) is 0 Å².